The van der Waals surface area contributed by atoms with Gasteiger partial charge in [-0.15, -0.1) is 0 Å². The lowest BCUT2D eigenvalue weighted by Gasteiger charge is -2.42. The molecular formula is C13H11ClF3N3O2. The predicted molar refractivity (Wildman–Crippen MR) is 72.0 cm³/mol. The van der Waals surface area contributed by atoms with Crippen molar-refractivity contribution < 1.29 is 23.1 Å². The summed E-state index contributed by atoms with van der Waals surface area (Å²) in [5.41, 5.74) is -1.23. The number of fused-ring (bicyclic) bond motifs is 1. The van der Waals surface area contributed by atoms with E-state index < -0.39 is 42.8 Å². The number of pyridine rings is 1. The van der Waals surface area contributed by atoms with Crippen LogP contribution in [0.4, 0.5) is 13.2 Å². The molecule has 0 unspecified atom stereocenters. The van der Waals surface area contributed by atoms with Crippen LogP contribution in [-0.4, -0.2) is 31.8 Å². The van der Waals surface area contributed by atoms with Gasteiger partial charge in [0.2, 0.25) is 0 Å². The molecule has 1 saturated carbocycles. The topological polar surface area (TPSA) is 68.0 Å². The van der Waals surface area contributed by atoms with Crippen LogP contribution in [0.1, 0.15) is 30.7 Å². The number of aryl methyl sites for hydroxylation is 1. The van der Waals surface area contributed by atoms with Crippen molar-refractivity contribution in [1.82, 2.24) is 14.5 Å². The van der Waals surface area contributed by atoms with Gasteiger partial charge < -0.3 is 5.11 Å². The zero-order valence-electron chi connectivity index (χ0n) is 11.4. The summed E-state index contributed by atoms with van der Waals surface area (Å²) in [5.74, 6) is -2.12. The Morgan fingerprint density at radius 1 is 1.50 bits per heavy atom. The molecule has 1 N–H and O–H groups in total. The van der Waals surface area contributed by atoms with Crippen molar-refractivity contribution in [2.45, 2.75) is 37.9 Å². The Balaban J connectivity index is 2.36. The van der Waals surface area contributed by atoms with Crippen LogP contribution in [0.3, 0.4) is 0 Å². The number of nitrogens with zero attached hydrogens (tertiary/aromatic N) is 3. The highest BCUT2D eigenvalue weighted by Crippen LogP contribution is 2.45. The monoisotopic (exact) mass is 333 g/mol. The van der Waals surface area contributed by atoms with Crippen LogP contribution in [0, 0.1) is 6.92 Å². The van der Waals surface area contributed by atoms with Crippen molar-refractivity contribution in [3.8, 4) is 0 Å². The zero-order valence-corrected chi connectivity index (χ0v) is 12.1. The Kier molecular flexibility index (Phi) is 3.32. The van der Waals surface area contributed by atoms with Gasteiger partial charge in [0.25, 0.3) is 6.43 Å². The van der Waals surface area contributed by atoms with E-state index in [9.17, 15) is 23.1 Å². The lowest BCUT2D eigenvalue weighted by atomic mass is 9.74. The second-order valence-corrected chi connectivity index (χ2v) is 5.77. The molecule has 2 aromatic heterocycles. The molecule has 2 heterocycles. The lowest BCUT2D eigenvalue weighted by molar-refractivity contribution is -0.156. The summed E-state index contributed by atoms with van der Waals surface area (Å²) in [5, 5.41) is 9.49. The summed E-state index contributed by atoms with van der Waals surface area (Å²) in [6.07, 6.45) is -5.18. The van der Waals surface area contributed by atoms with Gasteiger partial charge in [-0.3, -0.25) is 4.57 Å². The Morgan fingerprint density at radius 2 is 2.14 bits per heavy atom. The molecule has 0 radical (unpaired) electrons. The maximum absolute atomic E-state index is 13.3. The Morgan fingerprint density at radius 3 is 2.64 bits per heavy atom. The van der Waals surface area contributed by atoms with E-state index in [0.717, 1.165) is 4.57 Å². The molecule has 118 valence electrons. The van der Waals surface area contributed by atoms with Crippen molar-refractivity contribution in [1.29, 1.82) is 0 Å². The first-order chi connectivity index (χ1) is 10.3. The SMILES string of the molecule is Cc1cc(Cl)nc2c1nc(C(F)F)n2C1(C(=O)O)CC(F)C1. The second kappa shape index (κ2) is 4.84. The van der Waals surface area contributed by atoms with Crippen LogP contribution >= 0.6 is 11.6 Å². The first kappa shape index (κ1) is 15.1. The number of aliphatic carboxylic acids is 1. The van der Waals surface area contributed by atoms with Crippen molar-refractivity contribution in [2.24, 2.45) is 0 Å². The fourth-order valence-electron chi connectivity index (χ4n) is 2.87. The normalized spacial score (nSPS) is 24.7. The average molecular weight is 334 g/mol. The van der Waals surface area contributed by atoms with Crippen LogP contribution in [0.15, 0.2) is 6.07 Å². The number of alkyl halides is 3. The van der Waals surface area contributed by atoms with Gasteiger partial charge in [-0.05, 0) is 18.6 Å². The van der Waals surface area contributed by atoms with Crippen molar-refractivity contribution in [3.63, 3.8) is 0 Å². The molecule has 0 spiro atoms. The summed E-state index contributed by atoms with van der Waals surface area (Å²) in [4.78, 5) is 19.4. The summed E-state index contributed by atoms with van der Waals surface area (Å²) in [6, 6.07) is 1.45. The number of carboxylic acids is 1. The molecule has 1 aliphatic carbocycles. The number of halogens is 4. The molecule has 1 aliphatic rings. The molecule has 0 saturated heterocycles. The van der Waals surface area contributed by atoms with Gasteiger partial charge in [0, 0.05) is 12.8 Å². The van der Waals surface area contributed by atoms with Crippen LogP contribution < -0.4 is 0 Å². The summed E-state index contributed by atoms with van der Waals surface area (Å²) >= 11 is 5.84. The fourth-order valence-corrected chi connectivity index (χ4v) is 3.11. The van der Waals surface area contributed by atoms with E-state index in [2.05, 4.69) is 9.97 Å². The third-order valence-corrected chi connectivity index (χ3v) is 4.13. The van der Waals surface area contributed by atoms with E-state index in [0.29, 0.717) is 5.56 Å². The first-order valence-electron chi connectivity index (χ1n) is 6.48. The Hall–Kier alpha value is -1.83. The van der Waals surface area contributed by atoms with E-state index >= 15 is 0 Å². The summed E-state index contributed by atoms with van der Waals surface area (Å²) < 4.78 is 40.8. The molecule has 0 atom stereocenters. The average Bonchev–Trinajstić information content (AvgIpc) is 2.74. The van der Waals surface area contributed by atoms with Crippen molar-refractivity contribution >= 4 is 28.7 Å². The summed E-state index contributed by atoms with van der Waals surface area (Å²) in [7, 11) is 0. The minimum Gasteiger partial charge on any atom is -0.479 e. The molecule has 0 aliphatic heterocycles. The van der Waals surface area contributed by atoms with E-state index in [-0.39, 0.29) is 16.3 Å². The highest BCUT2D eigenvalue weighted by molar-refractivity contribution is 6.29. The van der Waals surface area contributed by atoms with Crippen LogP contribution in [-0.2, 0) is 10.3 Å². The minimum absolute atomic E-state index is 0.0311. The van der Waals surface area contributed by atoms with Crippen molar-refractivity contribution in [3.05, 3.63) is 22.6 Å². The van der Waals surface area contributed by atoms with Crippen molar-refractivity contribution in [2.75, 3.05) is 0 Å². The number of hydrogen-bond donors (Lipinski definition) is 1. The third kappa shape index (κ3) is 1.97. The van der Waals surface area contributed by atoms with Crippen LogP contribution in [0.5, 0.6) is 0 Å². The largest absolute Gasteiger partial charge is 0.479 e. The van der Waals surface area contributed by atoms with Gasteiger partial charge in [0.05, 0.1) is 0 Å². The number of imidazole rings is 1. The van der Waals surface area contributed by atoms with Gasteiger partial charge in [0.15, 0.2) is 17.0 Å². The highest BCUT2D eigenvalue weighted by atomic mass is 35.5. The Bertz CT molecular complexity index is 771. The van der Waals surface area contributed by atoms with Gasteiger partial charge in [-0.25, -0.2) is 27.9 Å². The van der Waals surface area contributed by atoms with E-state index in [1.54, 1.807) is 6.92 Å². The second-order valence-electron chi connectivity index (χ2n) is 5.38. The quantitative estimate of drug-likeness (QED) is 0.876. The zero-order chi connectivity index (χ0) is 16.2. The molecular weight excluding hydrogens is 323 g/mol. The van der Waals surface area contributed by atoms with Crippen LogP contribution in [0.2, 0.25) is 5.15 Å². The number of aromatic nitrogens is 3. The van der Waals surface area contributed by atoms with Gasteiger partial charge in [0.1, 0.15) is 16.8 Å². The fraction of sp³-hybridized carbons (Fsp3) is 0.462. The summed E-state index contributed by atoms with van der Waals surface area (Å²) in [6.45, 7) is 1.61. The Labute approximate surface area is 127 Å². The molecule has 0 amide bonds. The minimum atomic E-state index is -3.01. The van der Waals surface area contributed by atoms with Gasteiger partial charge >= 0.3 is 5.97 Å². The standard InChI is InChI=1S/C13H11ClF3N3O2/c1-5-2-7(14)18-10-8(5)19-11(9(16)17)20(10)13(12(21)22)3-6(15)4-13/h2,6,9H,3-4H2,1H3,(H,21,22). The number of rotatable bonds is 3. The highest BCUT2D eigenvalue weighted by Gasteiger charge is 2.55. The first-order valence-corrected chi connectivity index (χ1v) is 6.85. The van der Waals surface area contributed by atoms with E-state index in [1.165, 1.54) is 6.07 Å². The molecule has 1 fully saturated rings. The number of carbonyl (C=O) groups is 1. The van der Waals surface area contributed by atoms with E-state index in [1.807, 2.05) is 0 Å². The lowest BCUT2D eigenvalue weighted by Crippen LogP contribution is -2.54. The van der Waals surface area contributed by atoms with E-state index in [4.69, 9.17) is 11.6 Å². The van der Waals surface area contributed by atoms with Gasteiger partial charge in [-0.1, -0.05) is 11.6 Å². The maximum Gasteiger partial charge on any atom is 0.330 e. The molecule has 3 rings (SSSR count). The molecule has 22 heavy (non-hydrogen) atoms. The maximum atomic E-state index is 13.3. The molecule has 5 nitrogen and oxygen atoms in total. The molecule has 9 heteroatoms. The molecule has 2 aromatic rings. The van der Waals surface area contributed by atoms with Crippen LogP contribution in [0.25, 0.3) is 11.2 Å². The molecule has 0 aromatic carbocycles. The van der Waals surface area contributed by atoms with Gasteiger partial charge in [-0.2, -0.15) is 0 Å². The third-order valence-electron chi connectivity index (χ3n) is 3.94. The predicted octanol–water partition coefficient (Wildman–Crippen LogP) is 3.24. The molecule has 0 bridgehead atoms. The smallest absolute Gasteiger partial charge is 0.330 e. The number of hydrogen-bond acceptors (Lipinski definition) is 3. The number of carboxylic acid groups (broad SMARTS) is 1.